The van der Waals surface area contributed by atoms with Gasteiger partial charge in [0.2, 0.25) is 5.91 Å². The van der Waals surface area contributed by atoms with Crippen LogP contribution in [-0.2, 0) is 21.4 Å². The second kappa shape index (κ2) is 10.1. The molecule has 1 aromatic heterocycles. The number of benzene rings is 1. The van der Waals surface area contributed by atoms with Crippen molar-refractivity contribution in [3.63, 3.8) is 0 Å². The third-order valence-corrected chi connectivity index (χ3v) is 5.22. The molecule has 1 aliphatic heterocycles. The van der Waals surface area contributed by atoms with Crippen molar-refractivity contribution in [3.05, 3.63) is 58.7 Å². The summed E-state index contributed by atoms with van der Waals surface area (Å²) in [5.74, 6) is -1.96. The molecule has 0 aliphatic carbocycles. The fourth-order valence-electron chi connectivity index (χ4n) is 3.33. The Morgan fingerprint density at radius 2 is 1.71 bits per heavy atom. The van der Waals surface area contributed by atoms with Gasteiger partial charge in [0, 0.05) is 5.56 Å². The summed E-state index contributed by atoms with van der Waals surface area (Å²) in [5.41, 5.74) is -6.32. The molecule has 0 radical (unpaired) electrons. The van der Waals surface area contributed by atoms with Gasteiger partial charge in [-0.25, -0.2) is 4.98 Å². The summed E-state index contributed by atoms with van der Waals surface area (Å²) in [7, 11) is 0. The van der Waals surface area contributed by atoms with Gasteiger partial charge >= 0.3 is 18.5 Å². The SMILES string of the molecule is Cc1cc(C2=NO[C@@](c3cncc(C(F)(F)F)n3)(C(F)(F)F)C2)ccc1C(=O)NCC(=O)NCC(F)(F)F. The predicted molar refractivity (Wildman–Crippen MR) is 110 cm³/mol. The Balaban J connectivity index is 1.77. The number of rotatable bonds is 6. The number of carbonyl (C=O) groups excluding carboxylic acids is 2. The molecule has 1 aliphatic rings. The van der Waals surface area contributed by atoms with Gasteiger partial charge in [-0.05, 0) is 30.2 Å². The third kappa shape index (κ3) is 6.31. The molecule has 0 unspecified atom stereocenters. The van der Waals surface area contributed by atoms with Crippen LogP contribution in [0.25, 0.3) is 0 Å². The highest BCUT2D eigenvalue weighted by Gasteiger charge is 2.64. The van der Waals surface area contributed by atoms with Crippen molar-refractivity contribution in [2.45, 2.75) is 37.5 Å². The van der Waals surface area contributed by atoms with E-state index in [0.29, 0.717) is 6.20 Å². The van der Waals surface area contributed by atoms with Crippen LogP contribution in [0.15, 0.2) is 35.7 Å². The third-order valence-electron chi connectivity index (χ3n) is 5.22. The zero-order chi connectivity index (χ0) is 28.5. The van der Waals surface area contributed by atoms with Gasteiger partial charge in [-0.2, -0.15) is 39.5 Å². The highest BCUT2D eigenvalue weighted by molar-refractivity contribution is 6.04. The molecule has 2 aromatic rings. The molecule has 17 heteroatoms. The zero-order valence-corrected chi connectivity index (χ0v) is 19.0. The number of nitrogens with one attached hydrogen (secondary N) is 2. The second-order valence-corrected chi connectivity index (χ2v) is 8.02. The summed E-state index contributed by atoms with van der Waals surface area (Å²) in [6, 6.07) is 3.58. The maximum Gasteiger partial charge on any atom is 0.437 e. The molecule has 1 atom stereocenters. The fourth-order valence-corrected chi connectivity index (χ4v) is 3.33. The minimum atomic E-state index is -5.25. The summed E-state index contributed by atoms with van der Waals surface area (Å²) >= 11 is 0. The Kier molecular flexibility index (Phi) is 7.61. The van der Waals surface area contributed by atoms with E-state index in [4.69, 9.17) is 0 Å². The largest absolute Gasteiger partial charge is 0.437 e. The summed E-state index contributed by atoms with van der Waals surface area (Å²) < 4.78 is 118. The molecule has 2 amide bonds. The first-order valence-corrected chi connectivity index (χ1v) is 10.4. The van der Waals surface area contributed by atoms with Gasteiger partial charge in [0.25, 0.3) is 11.5 Å². The van der Waals surface area contributed by atoms with E-state index in [1.54, 1.807) is 5.32 Å². The van der Waals surface area contributed by atoms with Crippen molar-refractivity contribution in [1.82, 2.24) is 20.6 Å². The van der Waals surface area contributed by atoms with Crippen LogP contribution >= 0.6 is 0 Å². The van der Waals surface area contributed by atoms with Gasteiger partial charge < -0.3 is 15.5 Å². The number of alkyl halides is 9. The maximum atomic E-state index is 14.0. The van der Waals surface area contributed by atoms with E-state index in [0.717, 1.165) is 6.07 Å². The summed E-state index contributed by atoms with van der Waals surface area (Å²) in [4.78, 5) is 34.7. The van der Waals surface area contributed by atoms with Crippen LogP contribution in [0.2, 0.25) is 0 Å². The molecule has 0 spiro atoms. The first kappa shape index (κ1) is 28.6. The standard InChI is InChI=1S/C21H16F9N5O3/c1-10-4-11(2-3-12(10)17(37)32-8-16(36)33-9-19(22,23)24)13-5-18(38-35-13,21(28,29)30)14-6-31-7-15(34-14)20(25,26)27/h2-4,6-7H,5,8-9H2,1H3,(H,32,37)(H,33,36)/t18-/m0/s1. The Morgan fingerprint density at radius 1 is 1.03 bits per heavy atom. The number of aromatic nitrogens is 2. The van der Waals surface area contributed by atoms with E-state index in [-0.39, 0.29) is 28.6 Å². The van der Waals surface area contributed by atoms with Gasteiger partial charge in [-0.15, -0.1) is 0 Å². The number of aryl methyl sites for hydroxylation is 1. The molecule has 0 fully saturated rings. The van der Waals surface area contributed by atoms with E-state index >= 15 is 0 Å². The van der Waals surface area contributed by atoms with Crippen LogP contribution in [0.1, 0.15) is 39.3 Å². The Morgan fingerprint density at radius 3 is 2.29 bits per heavy atom. The van der Waals surface area contributed by atoms with E-state index < -0.39 is 66.8 Å². The molecular formula is C21H16F9N5O3. The molecule has 8 nitrogen and oxygen atoms in total. The summed E-state index contributed by atoms with van der Waals surface area (Å²) in [6.45, 7) is -0.984. The molecule has 2 heterocycles. The van der Waals surface area contributed by atoms with Crippen LogP contribution in [0.5, 0.6) is 0 Å². The number of carbonyl (C=O) groups is 2. The van der Waals surface area contributed by atoms with Crippen molar-refractivity contribution < 1.29 is 53.9 Å². The fraction of sp³-hybridized carbons (Fsp3) is 0.381. The number of amides is 2. The van der Waals surface area contributed by atoms with Crippen molar-refractivity contribution in [3.8, 4) is 0 Å². The normalized spacial score (nSPS) is 18.0. The lowest BCUT2D eigenvalue weighted by Crippen LogP contribution is -2.43. The molecular weight excluding hydrogens is 541 g/mol. The lowest BCUT2D eigenvalue weighted by Gasteiger charge is -2.28. The van der Waals surface area contributed by atoms with Crippen LogP contribution in [0.4, 0.5) is 39.5 Å². The van der Waals surface area contributed by atoms with E-state index in [9.17, 15) is 49.1 Å². The predicted octanol–water partition coefficient (Wildman–Crippen LogP) is 3.79. The quantitative estimate of drug-likeness (QED) is 0.526. The van der Waals surface area contributed by atoms with Crippen molar-refractivity contribution in [2.24, 2.45) is 5.16 Å². The van der Waals surface area contributed by atoms with Crippen LogP contribution in [-0.4, -0.2) is 52.9 Å². The molecule has 0 bridgehead atoms. The summed E-state index contributed by atoms with van der Waals surface area (Å²) in [5, 5.41) is 7.08. The number of hydrogen-bond donors (Lipinski definition) is 2. The molecule has 3 rings (SSSR count). The zero-order valence-electron chi connectivity index (χ0n) is 19.0. The minimum Gasteiger partial charge on any atom is -0.372 e. The van der Waals surface area contributed by atoms with Gasteiger partial charge in [0.1, 0.15) is 12.2 Å². The van der Waals surface area contributed by atoms with Gasteiger partial charge in [-0.3, -0.25) is 14.6 Å². The van der Waals surface area contributed by atoms with Crippen LogP contribution in [0, 0.1) is 6.92 Å². The molecule has 0 saturated heterocycles. The van der Waals surface area contributed by atoms with Crippen molar-refractivity contribution in [1.29, 1.82) is 0 Å². The second-order valence-electron chi connectivity index (χ2n) is 8.02. The summed E-state index contributed by atoms with van der Waals surface area (Å²) in [6.07, 6.45) is -15.3. The minimum absolute atomic E-state index is 0.0352. The van der Waals surface area contributed by atoms with Gasteiger partial charge in [0.15, 0.2) is 5.69 Å². The first-order valence-electron chi connectivity index (χ1n) is 10.4. The highest BCUT2D eigenvalue weighted by atomic mass is 19.4. The monoisotopic (exact) mass is 557 g/mol. The molecule has 1 aromatic carbocycles. The Bertz CT molecular complexity index is 1260. The number of nitrogens with zero attached hydrogens (tertiary/aromatic N) is 3. The van der Waals surface area contributed by atoms with E-state index in [2.05, 4.69) is 25.3 Å². The molecule has 0 saturated carbocycles. The number of hydrogen-bond acceptors (Lipinski definition) is 6. The number of oxime groups is 1. The lowest BCUT2D eigenvalue weighted by atomic mass is 9.89. The molecule has 206 valence electrons. The van der Waals surface area contributed by atoms with Gasteiger partial charge in [-0.1, -0.05) is 11.2 Å². The van der Waals surface area contributed by atoms with Crippen molar-refractivity contribution in [2.75, 3.05) is 13.1 Å². The Hall–Kier alpha value is -3.92. The molecule has 2 N–H and O–H groups in total. The smallest absolute Gasteiger partial charge is 0.372 e. The molecule has 38 heavy (non-hydrogen) atoms. The Labute approximate surface area is 207 Å². The first-order chi connectivity index (χ1) is 17.4. The number of halogens is 9. The van der Waals surface area contributed by atoms with Crippen LogP contribution in [0.3, 0.4) is 0 Å². The van der Waals surface area contributed by atoms with E-state index in [1.807, 2.05) is 0 Å². The average molecular weight is 557 g/mol. The van der Waals surface area contributed by atoms with Gasteiger partial charge in [0.05, 0.1) is 31.1 Å². The maximum absolute atomic E-state index is 14.0. The highest BCUT2D eigenvalue weighted by Crippen LogP contribution is 2.48. The van der Waals surface area contributed by atoms with Crippen LogP contribution < -0.4 is 10.6 Å². The average Bonchev–Trinajstić information content (AvgIpc) is 3.27. The lowest BCUT2D eigenvalue weighted by molar-refractivity contribution is -0.277. The van der Waals surface area contributed by atoms with E-state index in [1.165, 1.54) is 19.1 Å². The van der Waals surface area contributed by atoms with Crippen molar-refractivity contribution >= 4 is 17.5 Å². The topological polar surface area (TPSA) is 106 Å².